The quantitative estimate of drug-likeness (QED) is 0.479. The highest BCUT2D eigenvalue weighted by molar-refractivity contribution is 8.26. The van der Waals surface area contributed by atoms with E-state index in [-0.39, 0.29) is 15.6 Å². The Hall–Kier alpha value is -2.97. The summed E-state index contributed by atoms with van der Waals surface area (Å²) < 4.78 is 0.194. The number of phenols is 1. The maximum Gasteiger partial charge on any atom is 0.285 e. The van der Waals surface area contributed by atoms with Crippen molar-refractivity contribution in [1.29, 1.82) is 0 Å². The lowest BCUT2D eigenvalue weighted by Crippen LogP contribution is -2.44. The van der Waals surface area contributed by atoms with Crippen LogP contribution in [0.15, 0.2) is 53.4 Å². The van der Waals surface area contributed by atoms with Gasteiger partial charge in [0.15, 0.2) is 4.32 Å². The Labute approximate surface area is 158 Å². The molecule has 3 rings (SSSR count). The highest BCUT2D eigenvalue weighted by Crippen LogP contribution is 2.31. The minimum atomic E-state index is -0.561. The lowest BCUT2D eigenvalue weighted by Gasteiger charge is -2.15. The van der Waals surface area contributed by atoms with Crippen LogP contribution in [0.2, 0.25) is 0 Å². The summed E-state index contributed by atoms with van der Waals surface area (Å²) in [6.07, 6.45) is 2.37. The van der Waals surface area contributed by atoms with Crippen molar-refractivity contribution >= 4 is 52.5 Å². The fourth-order valence-corrected chi connectivity index (χ4v) is 3.38. The molecule has 1 heterocycles. The maximum atomic E-state index is 12.5. The van der Waals surface area contributed by atoms with Gasteiger partial charge in [0.05, 0.1) is 4.91 Å². The van der Waals surface area contributed by atoms with Crippen LogP contribution in [-0.4, -0.2) is 32.5 Å². The van der Waals surface area contributed by atoms with Crippen LogP contribution in [0.5, 0.6) is 5.75 Å². The maximum absolute atomic E-state index is 12.5. The molecule has 1 aliphatic rings. The Bertz CT molecular complexity index is 938. The Morgan fingerprint density at radius 1 is 1.15 bits per heavy atom. The Morgan fingerprint density at radius 2 is 1.85 bits per heavy atom. The number of aldehydes is 1. The molecule has 2 aromatic carbocycles. The highest BCUT2D eigenvalue weighted by Gasteiger charge is 2.33. The van der Waals surface area contributed by atoms with Gasteiger partial charge in [-0.3, -0.25) is 19.8 Å². The van der Waals surface area contributed by atoms with Crippen LogP contribution in [-0.2, 0) is 4.79 Å². The zero-order valence-electron chi connectivity index (χ0n) is 13.2. The van der Waals surface area contributed by atoms with E-state index in [4.69, 9.17) is 12.2 Å². The minimum Gasteiger partial charge on any atom is -0.508 e. The molecule has 0 atom stereocenters. The molecule has 2 aromatic rings. The second kappa shape index (κ2) is 7.51. The van der Waals surface area contributed by atoms with Gasteiger partial charge in [0, 0.05) is 11.1 Å². The van der Waals surface area contributed by atoms with Crippen molar-refractivity contribution in [3.8, 4) is 5.75 Å². The summed E-state index contributed by atoms with van der Waals surface area (Å²) >= 11 is 6.22. The Kier molecular flexibility index (Phi) is 5.15. The van der Waals surface area contributed by atoms with Crippen molar-refractivity contribution in [2.24, 2.45) is 0 Å². The average Bonchev–Trinajstić information content (AvgIpc) is 2.89. The number of hydrogen-bond donors (Lipinski definition) is 2. The van der Waals surface area contributed by atoms with Crippen molar-refractivity contribution in [1.82, 2.24) is 10.4 Å². The molecule has 0 spiro atoms. The number of benzene rings is 2. The molecular formula is C18H12N2O4S2. The van der Waals surface area contributed by atoms with Crippen molar-refractivity contribution < 1.29 is 19.5 Å². The number of thioether (sulfide) groups is 1. The zero-order chi connectivity index (χ0) is 18.7. The number of nitrogens with one attached hydrogen (secondary N) is 1. The van der Waals surface area contributed by atoms with Crippen molar-refractivity contribution in [3.05, 3.63) is 70.1 Å². The van der Waals surface area contributed by atoms with Crippen LogP contribution < -0.4 is 5.43 Å². The summed E-state index contributed by atoms with van der Waals surface area (Å²) in [5.41, 5.74) is 3.91. The third-order valence-corrected chi connectivity index (χ3v) is 4.79. The van der Waals surface area contributed by atoms with E-state index in [1.807, 2.05) is 0 Å². The van der Waals surface area contributed by atoms with Gasteiger partial charge in [0.25, 0.3) is 11.8 Å². The standard InChI is InChI=1S/C18H12N2O4S2/c21-10-12-6-4-11(5-7-12)8-15-17(24)20(18(25)26-15)19-16(23)13-2-1-3-14(22)9-13/h1-10,22H,(H,19,23)/b15-8-. The molecule has 0 saturated carbocycles. The molecule has 130 valence electrons. The smallest absolute Gasteiger partial charge is 0.285 e. The summed E-state index contributed by atoms with van der Waals surface area (Å²) in [5, 5.41) is 10.4. The number of carbonyl (C=O) groups excluding carboxylic acids is 3. The monoisotopic (exact) mass is 384 g/mol. The minimum absolute atomic E-state index is 0.0540. The number of amides is 2. The number of nitrogens with zero attached hydrogens (tertiary/aromatic N) is 1. The van der Waals surface area contributed by atoms with Gasteiger partial charge < -0.3 is 5.11 Å². The van der Waals surface area contributed by atoms with Crippen LogP contribution in [0.3, 0.4) is 0 Å². The molecule has 6 nitrogen and oxygen atoms in total. The summed E-state index contributed by atoms with van der Waals surface area (Å²) in [7, 11) is 0. The third kappa shape index (κ3) is 3.81. The van der Waals surface area contributed by atoms with Crippen molar-refractivity contribution in [2.75, 3.05) is 0 Å². The van der Waals surface area contributed by atoms with Crippen LogP contribution in [0, 0.1) is 0 Å². The largest absolute Gasteiger partial charge is 0.508 e. The molecule has 0 aliphatic carbocycles. The van der Waals surface area contributed by atoms with Gasteiger partial charge in [0.2, 0.25) is 0 Å². The first kappa shape index (κ1) is 17.8. The molecule has 1 saturated heterocycles. The fraction of sp³-hybridized carbons (Fsp3) is 0. The van der Waals surface area contributed by atoms with Gasteiger partial charge in [-0.25, -0.2) is 0 Å². The molecule has 26 heavy (non-hydrogen) atoms. The van der Waals surface area contributed by atoms with Gasteiger partial charge in [-0.2, -0.15) is 5.01 Å². The normalized spacial score (nSPS) is 15.4. The van der Waals surface area contributed by atoms with Gasteiger partial charge in [-0.05, 0) is 42.1 Å². The SMILES string of the molecule is O=Cc1ccc(/C=C2\SC(=S)N(NC(=O)c3cccc(O)c3)C2=O)cc1. The number of rotatable bonds is 4. The second-order valence-electron chi connectivity index (χ2n) is 5.29. The summed E-state index contributed by atoms with van der Waals surface area (Å²) in [4.78, 5) is 35.8. The second-order valence-corrected chi connectivity index (χ2v) is 6.97. The first-order valence-corrected chi connectivity index (χ1v) is 8.63. The van der Waals surface area contributed by atoms with E-state index in [9.17, 15) is 19.5 Å². The van der Waals surface area contributed by atoms with E-state index in [0.29, 0.717) is 10.5 Å². The number of hydrogen-bond acceptors (Lipinski definition) is 6. The van der Waals surface area contributed by atoms with E-state index in [2.05, 4.69) is 5.43 Å². The van der Waals surface area contributed by atoms with Gasteiger partial charge in [0.1, 0.15) is 12.0 Å². The fourth-order valence-electron chi connectivity index (χ4n) is 2.20. The predicted octanol–water partition coefficient (Wildman–Crippen LogP) is 2.75. The molecule has 0 unspecified atom stereocenters. The first-order valence-electron chi connectivity index (χ1n) is 7.41. The van der Waals surface area contributed by atoms with E-state index in [0.717, 1.165) is 28.6 Å². The van der Waals surface area contributed by atoms with Crippen LogP contribution in [0.4, 0.5) is 0 Å². The third-order valence-electron chi connectivity index (χ3n) is 3.49. The summed E-state index contributed by atoms with van der Waals surface area (Å²) in [6.45, 7) is 0. The van der Waals surface area contributed by atoms with Crippen molar-refractivity contribution in [2.45, 2.75) is 0 Å². The number of thiocarbonyl (C=S) groups is 1. The molecule has 0 radical (unpaired) electrons. The molecule has 1 aliphatic heterocycles. The number of phenolic OH excluding ortho intramolecular Hbond substituents is 1. The van der Waals surface area contributed by atoms with Gasteiger partial charge >= 0.3 is 0 Å². The molecule has 2 amide bonds. The predicted molar refractivity (Wildman–Crippen MR) is 102 cm³/mol. The molecule has 2 N–H and O–H groups in total. The highest BCUT2D eigenvalue weighted by atomic mass is 32.2. The summed E-state index contributed by atoms with van der Waals surface area (Å²) in [5.74, 6) is -1.07. The molecule has 0 aromatic heterocycles. The van der Waals surface area contributed by atoms with Crippen LogP contribution in [0.1, 0.15) is 26.3 Å². The lowest BCUT2D eigenvalue weighted by molar-refractivity contribution is -0.123. The summed E-state index contributed by atoms with van der Waals surface area (Å²) in [6, 6.07) is 12.5. The van der Waals surface area contributed by atoms with E-state index in [1.54, 1.807) is 30.3 Å². The number of carbonyl (C=O) groups is 3. The molecule has 1 fully saturated rings. The Morgan fingerprint density at radius 3 is 2.50 bits per heavy atom. The van der Waals surface area contributed by atoms with Gasteiger partial charge in [-0.15, -0.1) is 0 Å². The average molecular weight is 384 g/mol. The molecular weight excluding hydrogens is 372 g/mol. The van der Waals surface area contributed by atoms with Gasteiger partial charge in [-0.1, -0.05) is 42.1 Å². The van der Waals surface area contributed by atoms with E-state index >= 15 is 0 Å². The van der Waals surface area contributed by atoms with Crippen LogP contribution in [0.25, 0.3) is 6.08 Å². The number of aromatic hydroxyl groups is 1. The lowest BCUT2D eigenvalue weighted by atomic mass is 10.1. The van der Waals surface area contributed by atoms with Crippen molar-refractivity contribution in [3.63, 3.8) is 0 Å². The van der Waals surface area contributed by atoms with E-state index in [1.165, 1.54) is 24.3 Å². The molecule has 0 bridgehead atoms. The van der Waals surface area contributed by atoms with Crippen LogP contribution >= 0.6 is 24.0 Å². The topological polar surface area (TPSA) is 86.7 Å². The van der Waals surface area contributed by atoms with E-state index < -0.39 is 11.8 Å². The first-order chi connectivity index (χ1) is 12.5. The Balaban J connectivity index is 1.76. The zero-order valence-corrected chi connectivity index (χ0v) is 14.8. The number of hydrazine groups is 1. The molecule has 8 heteroatoms.